The Morgan fingerprint density at radius 2 is 1.86 bits per heavy atom. The molecule has 0 aliphatic carbocycles. The normalized spacial score (nSPS) is 31.8. The molecule has 0 aromatic carbocycles. The first-order valence-corrected chi connectivity index (χ1v) is 8.99. The molecule has 2 rings (SSSR count). The van der Waals surface area contributed by atoms with Crippen LogP contribution in [0.25, 0.3) is 0 Å². The zero-order valence-electron chi connectivity index (χ0n) is 13.2. The van der Waals surface area contributed by atoms with Crippen molar-refractivity contribution in [1.29, 1.82) is 0 Å². The van der Waals surface area contributed by atoms with Gasteiger partial charge < -0.3 is 23.7 Å². The molecule has 0 aromatic rings. The summed E-state index contributed by atoms with van der Waals surface area (Å²) in [6.45, 7) is 9.33. The van der Waals surface area contributed by atoms with E-state index in [9.17, 15) is 9.77 Å². The second-order valence-corrected chi connectivity index (χ2v) is 7.79. The standard InChI is InChI=1S/C13H24NO6P/c1-6-17-21(16,18-7-2)8-10-12-11(9(3)14(10)15)19-13(4,5)20-12/h10-12H,6-8H2,1-5H3/t10-,11+,12-/m0/s1. The van der Waals surface area contributed by atoms with Gasteiger partial charge in [0.05, 0.1) is 13.2 Å². The van der Waals surface area contributed by atoms with Crippen molar-refractivity contribution in [1.82, 2.24) is 0 Å². The van der Waals surface area contributed by atoms with Gasteiger partial charge >= 0.3 is 7.60 Å². The fourth-order valence-corrected chi connectivity index (χ4v) is 4.74. The highest BCUT2D eigenvalue weighted by atomic mass is 31.2. The van der Waals surface area contributed by atoms with Crippen molar-refractivity contribution in [3.8, 4) is 0 Å². The number of rotatable bonds is 6. The molecule has 0 aromatic heterocycles. The van der Waals surface area contributed by atoms with E-state index in [0.717, 1.165) is 4.74 Å². The highest BCUT2D eigenvalue weighted by molar-refractivity contribution is 7.53. The molecule has 122 valence electrons. The van der Waals surface area contributed by atoms with Gasteiger partial charge in [0.2, 0.25) is 6.04 Å². The maximum absolute atomic E-state index is 12.7. The molecule has 3 atom stereocenters. The molecular formula is C13H24NO6P. The SMILES string of the molecule is CCOP(=O)(C[C@H]1[C@@H]2OC(C)(C)O[C@@H]2C(C)=[N+]1[O-])OCC. The molecule has 1 fully saturated rings. The van der Waals surface area contributed by atoms with Crippen LogP contribution in [0.4, 0.5) is 0 Å². The van der Waals surface area contributed by atoms with E-state index in [2.05, 4.69) is 0 Å². The van der Waals surface area contributed by atoms with E-state index in [1.807, 2.05) is 0 Å². The fraction of sp³-hybridized carbons (Fsp3) is 0.923. The number of ether oxygens (including phenoxy) is 2. The van der Waals surface area contributed by atoms with Crippen LogP contribution >= 0.6 is 7.60 Å². The Morgan fingerprint density at radius 3 is 2.38 bits per heavy atom. The molecule has 2 aliphatic heterocycles. The van der Waals surface area contributed by atoms with Crippen LogP contribution in [0.1, 0.15) is 34.6 Å². The molecule has 2 heterocycles. The van der Waals surface area contributed by atoms with Crippen molar-refractivity contribution >= 4 is 13.3 Å². The van der Waals surface area contributed by atoms with Crippen LogP contribution in [0.3, 0.4) is 0 Å². The molecule has 0 unspecified atom stereocenters. The van der Waals surface area contributed by atoms with Gasteiger partial charge in [0, 0.05) is 6.92 Å². The number of fused-ring (bicyclic) bond motifs is 1. The summed E-state index contributed by atoms with van der Waals surface area (Å²) in [5.74, 6) is -0.753. The molecule has 0 saturated carbocycles. The molecule has 7 nitrogen and oxygen atoms in total. The second-order valence-electron chi connectivity index (χ2n) is 5.68. The van der Waals surface area contributed by atoms with Crippen molar-refractivity contribution in [3.63, 3.8) is 0 Å². The van der Waals surface area contributed by atoms with E-state index in [1.54, 1.807) is 34.6 Å². The lowest BCUT2D eigenvalue weighted by molar-refractivity contribution is -0.499. The van der Waals surface area contributed by atoms with E-state index >= 15 is 0 Å². The first kappa shape index (κ1) is 16.9. The van der Waals surface area contributed by atoms with Crippen LogP contribution in [0, 0.1) is 5.21 Å². The summed E-state index contributed by atoms with van der Waals surface area (Å²) < 4.78 is 35.6. The van der Waals surface area contributed by atoms with E-state index in [0.29, 0.717) is 5.71 Å². The Balaban J connectivity index is 2.21. The van der Waals surface area contributed by atoms with Crippen molar-refractivity contribution < 1.29 is 27.8 Å². The van der Waals surface area contributed by atoms with Crippen molar-refractivity contribution in [2.24, 2.45) is 0 Å². The topological polar surface area (TPSA) is 80.1 Å². The van der Waals surface area contributed by atoms with Gasteiger partial charge in [-0.05, 0) is 27.7 Å². The maximum atomic E-state index is 12.7. The van der Waals surface area contributed by atoms with Gasteiger partial charge in [0.1, 0.15) is 6.16 Å². The quantitative estimate of drug-likeness (QED) is 0.423. The molecule has 0 N–H and O–H groups in total. The zero-order chi connectivity index (χ0) is 15.8. The molecule has 0 spiro atoms. The molecule has 0 bridgehead atoms. The smallest absolute Gasteiger partial charge is 0.337 e. The average Bonchev–Trinajstić information content (AvgIpc) is 2.79. The van der Waals surface area contributed by atoms with E-state index in [1.165, 1.54) is 0 Å². The number of hydrogen-bond acceptors (Lipinski definition) is 6. The van der Waals surface area contributed by atoms with Crippen LogP contribution < -0.4 is 0 Å². The lowest BCUT2D eigenvalue weighted by atomic mass is 10.1. The zero-order valence-corrected chi connectivity index (χ0v) is 14.1. The highest BCUT2D eigenvalue weighted by Gasteiger charge is 2.58. The molecule has 21 heavy (non-hydrogen) atoms. The molecule has 8 heteroatoms. The van der Waals surface area contributed by atoms with Gasteiger partial charge in [0.25, 0.3) is 0 Å². The summed E-state index contributed by atoms with van der Waals surface area (Å²) in [7, 11) is -3.31. The average molecular weight is 321 g/mol. The van der Waals surface area contributed by atoms with E-state index in [-0.39, 0.29) is 19.4 Å². The highest BCUT2D eigenvalue weighted by Crippen LogP contribution is 2.51. The number of nitrogens with zero attached hydrogens (tertiary/aromatic N) is 1. The van der Waals surface area contributed by atoms with Crippen LogP contribution in [0.15, 0.2) is 0 Å². The molecular weight excluding hydrogens is 297 g/mol. The van der Waals surface area contributed by atoms with Crippen LogP contribution in [-0.2, 0) is 23.1 Å². The van der Waals surface area contributed by atoms with Crippen LogP contribution in [-0.4, -0.2) is 53.9 Å². The fourth-order valence-electron chi connectivity index (χ4n) is 2.86. The maximum Gasteiger partial charge on any atom is 0.337 e. The predicted octanol–water partition coefficient (Wildman–Crippen LogP) is 2.13. The first-order chi connectivity index (χ1) is 9.73. The molecule has 2 aliphatic rings. The minimum absolute atomic E-state index is 0.00384. The lowest BCUT2D eigenvalue weighted by Crippen LogP contribution is -2.37. The monoisotopic (exact) mass is 321 g/mol. The predicted molar refractivity (Wildman–Crippen MR) is 77.6 cm³/mol. The summed E-state index contributed by atoms with van der Waals surface area (Å²) in [6.07, 6.45) is -0.859. The third kappa shape index (κ3) is 3.32. The molecule has 0 radical (unpaired) electrons. The van der Waals surface area contributed by atoms with Crippen LogP contribution in [0.2, 0.25) is 0 Å². The first-order valence-electron chi connectivity index (χ1n) is 7.26. The third-order valence-electron chi connectivity index (χ3n) is 3.63. The van der Waals surface area contributed by atoms with Gasteiger partial charge in [-0.25, -0.2) is 4.74 Å². The second kappa shape index (κ2) is 5.97. The van der Waals surface area contributed by atoms with Gasteiger partial charge in [-0.3, -0.25) is 4.57 Å². The lowest BCUT2D eigenvalue weighted by Gasteiger charge is -2.24. The summed E-state index contributed by atoms with van der Waals surface area (Å²) in [5, 5.41) is 12.3. The Morgan fingerprint density at radius 1 is 1.29 bits per heavy atom. The minimum atomic E-state index is -3.31. The van der Waals surface area contributed by atoms with Gasteiger partial charge in [-0.1, -0.05) is 0 Å². The Bertz CT molecular complexity index is 467. The van der Waals surface area contributed by atoms with Gasteiger partial charge in [0.15, 0.2) is 23.7 Å². The molecule has 0 amide bonds. The van der Waals surface area contributed by atoms with Crippen molar-refractivity contribution in [2.45, 2.75) is 58.7 Å². The Kier molecular flexibility index (Phi) is 4.81. The van der Waals surface area contributed by atoms with Crippen LogP contribution in [0.5, 0.6) is 0 Å². The van der Waals surface area contributed by atoms with Gasteiger partial charge in [-0.2, -0.15) is 0 Å². The van der Waals surface area contributed by atoms with E-state index in [4.69, 9.17) is 18.5 Å². The third-order valence-corrected chi connectivity index (χ3v) is 5.76. The summed E-state index contributed by atoms with van der Waals surface area (Å²) in [6, 6.07) is -0.624. The molecule has 1 saturated heterocycles. The Labute approximate surface area is 125 Å². The number of hydrogen-bond donors (Lipinski definition) is 0. The summed E-state index contributed by atoms with van der Waals surface area (Å²) >= 11 is 0. The Hall–Kier alpha value is -0.460. The van der Waals surface area contributed by atoms with Crippen molar-refractivity contribution in [3.05, 3.63) is 5.21 Å². The minimum Gasteiger partial charge on any atom is -0.623 e. The van der Waals surface area contributed by atoms with Gasteiger partial charge in [-0.15, -0.1) is 0 Å². The summed E-state index contributed by atoms with van der Waals surface area (Å²) in [5.41, 5.74) is 0.537. The largest absolute Gasteiger partial charge is 0.623 e. The number of hydroxylamine groups is 1. The van der Waals surface area contributed by atoms with E-state index < -0.39 is 31.6 Å². The van der Waals surface area contributed by atoms with Crippen molar-refractivity contribution in [2.75, 3.05) is 19.4 Å². The summed E-state index contributed by atoms with van der Waals surface area (Å²) in [4.78, 5) is 0.